The minimum Gasteiger partial charge on any atom is -0.469 e. The van der Waals surface area contributed by atoms with E-state index in [0.29, 0.717) is 0 Å². The van der Waals surface area contributed by atoms with E-state index in [0.717, 1.165) is 17.2 Å². The molecule has 8 heteroatoms. The Labute approximate surface area is 142 Å². The van der Waals surface area contributed by atoms with Crippen LogP contribution in [0.15, 0.2) is 36.5 Å². The van der Waals surface area contributed by atoms with Gasteiger partial charge < -0.3 is 14.9 Å². The van der Waals surface area contributed by atoms with E-state index in [1.54, 1.807) is 24.3 Å². The molecule has 25 heavy (non-hydrogen) atoms. The van der Waals surface area contributed by atoms with Crippen molar-refractivity contribution in [1.82, 2.24) is 9.88 Å². The van der Waals surface area contributed by atoms with Gasteiger partial charge in [-0.2, -0.15) is 0 Å². The van der Waals surface area contributed by atoms with Gasteiger partial charge in [0.05, 0.1) is 37.1 Å². The summed E-state index contributed by atoms with van der Waals surface area (Å²) in [4.78, 5) is 29.6. The lowest BCUT2D eigenvalue weighted by molar-refractivity contribution is 0.0559. The molecule has 130 valence electrons. The molecule has 0 atom stereocenters. The third-order valence-corrected chi connectivity index (χ3v) is 3.78. The number of aromatic nitrogens is 1. The summed E-state index contributed by atoms with van der Waals surface area (Å²) >= 11 is 0. The van der Waals surface area contributed by atoms with Crippen LogP contribution >= 0.6 is 0 Å². The van der Waals surface area contributed by atoms with Crippen LogP contribution in [0.4, 0.5) is 4.39 Å². The Bertz CT molecular complexity index is 787. The molecular formula is C17H15FN2O5. The fourth-order valence-electron chi connectivity index (χ4n) is 2.53. The number of aliphatic hydroxyl groups is 2. The van der Waals surface area contributed by atoms with Crippen LogP contribution in [0.2, 0.25) is 0 Å². The molecule has 0 radical (unpaired) electrons. The number of nitrogens with zero attached hydrogens (tertiary/aromatic N) is 2. The highest BCUT2D eigenvalue weighted by Crippen LogP contribution is 2.27. The number of rotatable bonds is 6. The highest BCUT2D eigenvalue weighted by molar-refractivity contribution is 6.21. The number of imide groups is 1. The quantitative estimate of drug-likeness (QED) is 0.749. The van der Waals surface area contributed by atoms with Crippen molar-refractivity contribution in [3.05, 3.63) is 59.0 Å². The van der Waals surface area contributed by atoms with Crippen LogP contribution in [-0.2, 0) is 6.54 Å². The van der Waals surface area contributed by atoms with E-state index in [1.807, 2.05) is 0 Å². The number of halogens is 1. The molecule has 0 aliphatic carbocycles. The van der Waals surface area contributed by atoms with Gasteiger partial charge in [0.2, 0.25) is 5.88 Å². The number of benzene rings is 1. The molecule has 0 saturated carbocycles. The minimum absolute atomic E-state index is 0.0638. The highest BCUT2D eigenvalue weighted by atomic mass is 19.1. The number of fused-ring (bicyclic) bond motifs is 1. The summed E-state index contributed by atoms with van der Waals surface area (Å²) in [6, 6.07) is 7.49. The second-order valence-corrected chi connectivity index (χ2v) is 5.46. The molecule has 2 aromatic rings. The number of pyridine rings is 1. The van der Waals surface area contributed by atoms with Crippen LogP contribution in [0, 0.1) is 5.82 Å². The summed E-state index contributed by atoms with van der Waals surface area (Å²) < 4.78 is 18.9. The van der Waals surface area contributed by atoms with Gasteiger partial charge in [0.15, 0.2) is 0 Å². The average molecular weight is 346 g/mol. The molecule has 1 aromatic heterocycles. The van der Waals surface area contributed by atoms with Crippen molar-refractivity contribution in [2.24, 2.45) is 0 Å². The van der Waals surface area contributed by atoms with Crippen molar-refractivity contribution in [3.8, 4) is 5.88 Å². The summed E-state index contributed by atoms with van der Waals surface area (Å²) in [7, 11) is 0. The smallest absolute Gasteiger partial charge is 0.261 e. The standard InChI is InChI=1S/C17H15FN2O5/c18-11-5-10(15(19-6-11)25-12(8-21)9-22)7-20-16(23)13-3-1-2-4-14(13)17(20)24/h1-6,12,21-22H,7-9H2. The molecule has 0 saturated heterocycles. The maximum absolute atomic E-state index is 13.6. The monoisotopic (exact) mass is 346 g/mol. The summed E-state index contributed by atoms with van der Waals surface area (Å²) in [6.07, 6.45) is -0.0357. The number of carbonyl (C=O) groups excluding carboxylic acids is 2. The second kappa shape index (κ2) is 6.96. The number of aliphatic hydroxyl groups excluding tert-OH is 2. The number of amides is 2. The number of hydrogen-bond acceptors (Lipinski definition) is 6. The zero-order valence-corrected chi connectivity index (χ0v) is 13.1. The van der Waals surface area contributed by atoms with Gasteiger partial charge >= 0.3 is 0 Å². The lowest BCUT2D eigenvalue weighted by Crippen LogP contribution is -2.31. The molecule has 1 aliphatic rings. The van der Waals surface area contributed by atoms with Crippen molar-refractivity contribution in [1.29, 1.82) is 0 Å². The molecule has 1 aromatic carbocycles. The zero-order chi connectivity index (χ0) is 18.0. The van der Waals surface area contributed by atoms with Gasteiger partial charge in [0.1, 0.15) is 11.9 Å². The normalized spacial score (nSPS) is 13.5. The largest absolute Gasteiger partial charge is 0.469 e. The molecule has 0 fully saturated rings. The maximum Gasteiger partial charge on any atom is 0.261 e. The zero-order valence-electron chi connectivity index (χ0n) is 13.1. The van der Waals surface area contributed by atoms with Crippen LogP contribution in [0.5, 0.6) is 5.88 Å². The van der Waals surface area contributed by atoms with E-state index < -0.39 is 36.9 Å². The lowest BCUT2D eigenvalue weighted by Gasteiger charge is -2.19. The molecule has 7 nitrogen and oxygen atoms in total. The maximum atomic E-state index is 13.6. The lowest BCUT2D eigenvalue weighted by atomic mass is 10.1. The molecule has 2 N–H and O–H groups in total. The minimum atomic E-state index is -0.945. The number of ether oxygens (including phenoxy) is 1. The Hall–Kier alpha value is -2.84. The fourth-order valence-corrected chi connectivity index (χ4v) is 2.53. The summed E-state index contributed by atoms with van der Waals surface area (Å²) in [5.41, 5.74) is 0.715. The Morgan fingerprint density at radius 2 is 1.72 bits per heavy atom. The fraction of sp³-hybridized carbons (Fsp3) is 0.235. The van der Waals surface area contributed by atoms with Crippen LogP contribution in [-0.4, -0.2) is 51.2 Å². The number of hydrogen-bond donors (Lipinski definition) is 2. The SMILES string of the molecule is O=C1c2ccccc2C(=O)N1Cc1cc(F)cnc1OC(CO)CO. The van der Waals surface area contributed by atoms with E-state index in [1.165, 1.54) is 0 Å². The Kier molecular flexibility index (Phi) is 4.73. The van der Waals surface area contributed by atoms with Gasteiger partial charge in [-0.15, -0.1) is 0 Å². The molecule has 0 unspecified atom stereocenters. The van der Waals surface area contributed by atoms with E-state index >= 15 is 0 Å². The molecule has 2 amide bonds. The summed E-state index contributed by atoms with van der Waals surface area (Å²) in [5.74, 6) is -1.71. The average Bonchev–Trinajstić information content (AvgIpc) is 2.86. The molecule has 2 heterocycles. The van der Waals surface area contributed by atoms with E-state index in [9.17, 15) is 14.0 Å². The first kappa shape index (κ1) is 17.0. The first-order valence-corrected chi connectivity index (χ1v) is 7.53. The molecule has 0 bridgehead atoms. The van der Waals surface area contributed by atoms with Crippen molar-refractivity contribution in [2.45, 2.75) is 12.6 Å². The summed E-state index contributed by atoms with van der Waals surface area (Å²) in [6.45, 7) is -1.18. The predicted molar refractivity (Wildman–Crippen MR) is 83.4 cm³/mol. The number of carbonyl (C=O) groups is 2. The first-order chi connectivity index (χ1) is 12.0. The second-order valence-electron chi connectivity index (χ2n) is 5.46. The van der Waals surface area contributed by atoms with Crippen LogP contribution in [0.3, 0.4) is 0 Å². The Morgan fingerprint density at radius 3 is 2.28 bits per heavy atom. The van der Waals surface area contributed by atoms with Gasteiger partial charge in [-0.25, -0.2) is 9.37 Å². The summed E-state index contributed by atoms with van der Waals surface area (Å²) in [5, 5.41) is 18.2. The third-order valence-electron chi connectivity index (χ3n) is 3.78. The van der Waals surface area contributed by atoms with Crippen LogP contribution in [0.1, 0.15) is 26.3 Å². The van der Waals surface area contributed by atoms with Gasteiger partial charge in [-0.3, -0.25) is 14.5 Å². The van der Waals surface area contributed by atoms with Crippen molar-refractivity contribution >= 4 is 11.8 Å². The van der Waals surface area contributed by atoms with Crippen LogP contribution < -0.4 is 4.74 Å². The highest BCUT2D eigenvalue weighted by Gasteiger charge is 2.35. The van der Waals surface area contributed by atoms with Gasteiger partial charge in [-0.05, 0) is 18.2 Å². The van der Waals surface area contributed by atoms with Gasteiger partial charge in [0.25, 0.3) is 11.8 Å². The van der Waals surface area contributed by atoms with Crippen molar-refractivity contribution < 1.29 is 28.9 Å². The molecular weight excluding hydrogens is 331 g/mol. The van der Waals surface area contributed by atoms with E-state index in [4.69, 9.17) is 14.9 Å². The molecule has 1 aliphatic heterocycles. The predicted octanol–water partition coefficient (Wildman–Crippen LogP) is 0.749. The topological polar surface area (TPSA) is 100.0 Å². The Balaban J connectivity index is 1.90. The first-order valence-electron chi connectivity index (χ1n) is 7.53. The molecule has 3 rings (SSSR count). The van der Waals surface area contributed by atoms with E-state index in [-0.39, 0.29) is 29.1 Å². The van der Waals surface area contributed by atoms with Gasteiger partial charge in [0, 0.05) is 5.56 Å². The van der Waals surface area contributed by atoms with Crippen molar-refractivity contribution in [2.75, 3.05) is 13.2 Å². The third kappa shape index (κ3) is 3.21. The Morgan fingerprint density at radius 1 is 1.12 bits per heavy atom. The van der Waals surface area contributed by atoms with E-state index in [2.05, 4.69) is 4.98 Å². The van der Waals surface area contributed by atoms with Crippen molar-refractivity contribution in [3.63, 3.8) is 0 Å². The molecule has 0 spiro atoms. The van der Waals surface area contributed by atoms with Gasteiger partial charge in [-0.1, -0.05) is 12.1 Å². The van der Waals surface area contributed by atoms with Crippen LogP contribution in [0.25, 0.3) is 0 Å².